The van der Waals surface area contributed by atoms with Crippen LogP contribution in [0.3, 0.4) is 0 Å². The Morgan fingerprint density at radius 1 is 1.69 bits per heavy atom. The van der Waals surface area contributed by atoms with Gasteiger partial charge in [-0.15, -0.1) is 5.10 Å². The van der Waals surface area contributed by atoms with Crippen LogP contribution < -0.4 is 10.1 Å². The van der Waals surface area contributed by atoms with Gasteiger partial charge in [-0.05, 0) is 0 Å². The molecule has 0 radical (unpaired) electrons. The van der Waals surface area contributed by atoms with Crippen LogP contribution in [0.4, 0.5) is 5.95 Å². The van der Waals surface area contributed by atoms with Gasteiger partial charge in [0.2, 0.25) is 11.9 Å². The van der Waals surface area contributed by atoms with Crippen molar-refractivity contribution in [3.63, 3.8) is 0 Å². The fourth-order valence-electron chi connectivity index (χ4n) is 1.03. The quantitative estimate of drug-likeness (QED) is 0.690. The lowest BCUT2D eigenvalue weighted by Crippen LogP contribution is -2.19. The average molecular weight is 223 g/mol. The molecule has 1 amide bonds. The molecule has 0 aromatic carbocycles. The number of carbonyl (C=O) groups excluding carboxylic acids is 1. The summed E-state index contributed by atoms with van der Waals surface area (Å²) in [6.07, 6.45) is 2.80. The van der Waals surface area contributed by atoms with Crippen molar-refractivity contribution < 1.29 is 9.53 Å². The summed E-state index contributed by atoms with van der Waals surface area (Å²) in [5.41, 5.74) is 0. The van der Waals surface area contributed by atoms with Crippen molar-refractivity contribution in [2.75, 3.05) is 12.4 Å². The lowest BCUT2D eigenvalue weighted by Gasteiger charge is -2.00. The molecule has 16 heavy (non-hydrogen) atoms. The highest BCUT2D eigenvalue weighted by atomic mass is 16.5. The van der Waals surface area contributed by atoms with Crippen LogP contribution in [0.25, 0.3) is 0 Å². The standard InChI is InChI=1S/C7H9N7O2/c1-16-7-11-6(12-13-7)10-5(15)2-14-4-8-3-9-14/h3-4H,2H2,1H3,(H2,10,11,12,13,15). The van der Waals surface area contributed by atoms with Crippen LogP contribution in [0.5, 0.6) is 6.01 Å². The normalized spacial score (nSPS) is 10.1. The monoisotopic (exact) mass is 223 g/mol. The number of anilines is 1. The van der Waals surface area contributed by atoms with Gasteiger partial charge in [0.05, 0.1) is 7.11 Å². The number of hydrogen-bond acceptors (Lipinski definition) is 6. The van der Waals surface area contributed by atoms with E-state index in [4.69, 9.17) is 4.74 Å². The molecule has 0 spiro atoms. The van der Waals surface area contributed by atoms with Crippen LogP contribution in [0.15, 0.2) is 12.7 Å². The number of carbonyl (C=O) groups is 1. The molecule has 2 N–H and O–H groups in total. The predicted octanol–water partition coefficient (Wildman–Crippen LogP) is -0.957. The van der Waals surface area contributed by atoms with Gasteiger partial charge in [-0.25, -0.2) is 14.8 Å². The van der Waals surface area contributed by atoms with Gasteiger partial charge in [-0.2, -0.15) is 10.1 Å². The topological polar surface area (TPSA) is 111 Å². The lowest BCUT2D eigenvalue weighted by atomic mass is 10.6. The van der Waals surface area contributed by atoms with E-state index in [9.17, 15) is 4.79 Å². The summed E-state index contributed by atoms with van der Waals surface area (Å²) in [6, 6.07) is 0.163. The number of aromatic amines is 1. The number of aromatic nitrogens is 6. The van der Waals surface area contributed by atoms with Gasteiger partial charge < -0.3 is 4.74 Å². The zero-order valence-corrected chi connectivity index (χ0v) is 8.41. The number of rotatable bonds is 4. The third-order valence-corrected chi connectivity index (χ3v) is 1.68. The first-order valence-electron chi connectivity index (χ1n) is 4.36. The maximum atomic E-state index is 11.4. The zero-order chi connectivity index (χ0) is 11.4. The van der Waals surface area contributed by atoms with Gasteiger partial charge in [0.15, 0.2) is 0 Å². The van der Waals surface area contributed by atoms with Crippen molar-refractivity contribution in [1.82, 2.24) is 29.9 Å². The molecule has 0 fully saturated rings. The van der Waals surface area contributed by atoms with Gasteiger partial charge in [0.1, 0.15) is 19.2 Å². The third-order valence-electron chi connectivity index (χ3n) is 1.68. The minimum absolute atomic E-state index is 0.0585. The summed E-state index contributed by atoms with van der Waals surface area (Å²) >= 11 is 0. The second-order valence-electron chi connectivity index (χ2n) is 2.81. The maximum Gasteiger partial charge on any atom is 0.336 e. The number of nitrogens with zero attached hydrogens (tertiary/aromatic N) is 5. The zero-order valence-electron chi connectivity index (χ0n) is 8.41. The number of hydrogen-bond donors (Lipinski definition) is 2. The molecular formula is C7H9N7O2. The van der Waals surface area contributed by atoms with E-state index in [1.54, 1.807) is 0 Å². The van der Waals surface area contributed by atoms with Crippen molar-refractivity contribution >= 4 is 11.9 Å². The van der Waals surface area contributed by atoms with Crippen molar-refractivity contribution in [1.29, 1.82) is 0 Å². The Morgan fingerprint density at radius 3 is 3.19 bits per heavy atom. The molecule has 0 unspecified atom stereocenters. The summed E-state index contributed by atoms with van der Waals surface area (Å²) in [6.45, 7) is 0.0585. The smallest absolute Gasteiger partial charge is 0.336 e. The first kappa shape index (κ1) is 10.1. The second kappa shape index (κ2) is 4.38. The van der Waals surface area contributed by atoms with E-state index in [0.717, 1.165) is 0 Å². The van der Waals surface area contributed by atoms with Crippen molar-refractivity contribution in [2.45, 2.75) is 6.54 Å². The Balaban J connectivity index is 1.92. The second-order valence-corrected chi connectivity index (χ2v) is 2.81. The van der Waals surface area contributed by atoms with Crippen LogP contribution in [0.1, 0.15) is 0 Å². The molecule has 2 aromatic heterocycles. The van der Waals surface area contributed by atoms with E-state index < -0.39 is 0 Å². The number of amides is 1. The van der Waals surface area contributed by atoms with Crippen LogP contribution in [0, 0.1) is 0 Å². The molecule has 0 saturated carbocycles. The Hall–Kier alpha value is -2.45. The van der Waals surface area contributed by atoms with Gasteiger partial charge in [-0.1, -0.05) is 0 Å². The minimum atomic E-state index is -0.288. The van der Waals surface area contributed by atoms with Gasteiger partial charge >= 0.3 is 6.01 Å². The minimum Gasteiger partial charge on any atom is -0.466 e. The highest BCUT2D eigenvalue weighted by Crippen LogP contribution is 2.04. The summed E-state index contributed by atoms with van der Waals surface area (Å²) in [5.74, 6) is -0.0636. The Labute approximate surface area is 89.9 Å². The summed E-state index contributed by atoms with van der Waals surface area (Å²) in [5, 5.41) is 12.5. The Bertz CT molecular complexity index is 463. The first-order valence-corrected chi connectivity index (χ1v) is 4.36. The Morgan fingerprint density at radius 2 is 2.56 bits per heavy atom. The lowest BCUT2D eigenvalue weighted by molar-refractivity contribution is -0.116. The van der Waals surface area contributed by atoms with Crippen molar-refractivity contribution in [3.8, 4) is 6.01 Å². The van der Waals surface area contributed by atoms with E-state index in [0.29, 0.717) is 0 Å². The number of ether oxygens (including phenoxy) is 1. The summed E-state index contributed by atoms with van der Waals surface area (Å²) in [4.78, 5) is 19.0. The molecule has 0 atom stereocenters. The molecule has 2 rings (SSSR count). The van der Waals surface area contributed by atoms with Crippen LogP contribution in [-0.2, 0) is 11.3 Å². The van der Waals surface area contributed by atoms with E-state index in [-0.39, 0.29) is 24.4 Å². The summed E-state index contributed by atoms with van der Waals surface area (Å²) in [7, 11) is 1.43. The first-order chi connectivity index (χ1) is 7.78. The van der Waals surface area contributed by atoms with Gasteiger partial charge in [-0.3, -0.25) is 10.1 Å². The highest BCUT2D eigenvalue weighted by Gasteiger charge is 2.07. The van der Waals surface area contributed by atoms with Gasteiger partial charge in [0.25, 0.3) is 0 Å². The summed E-state index contributed by atoms with van der Waals surface area (Å²) < 4.78 is 6.14. The number of nitrogens with one attached hydrogen (secondary N) is 2. The van der Waals surface area contributed by atoms with E-state index >= 15 is 0 Å². The average Bonchev–Trinajstić information content (AvgIpc) is 2.89. The molecule has 9 heteroatoms. The molecule has 0 aliphatic rings. The fourth-order valence-corrected chi connectivity index (χ4v) is 1.03. The maximum absolute atomic E-state index is 11.4. The van der Waals surface area contributed by atoms with Gasteiger partial charge in [0, 0.05) is 0 Å². The predicted molar refractivity (Wildman–Crippen MR) is 51.6 cm³/mol. The molecule has 2 aromatic rings. The largest absolute Gasteiger partial charge is 0.466 e. The van der Waals surface area contributed by atoms with E-state index in [1.165, 1.54) is 24.4 Å². The molecular weight excluding hydrogens is 214 g/mol. The van der Waals surface area contributed by atoms with E-state index in [1.807, 2.05) is 0 Å². The molecule has 0 aliphatic heterocycles. The van der Waals surface area contributed by atoms with Crippen LogP contribution in [0.2, 0.25) is 0 Å². The molecule has 0 bridgehead atoms. The number of methoxy groups -OCH3 is 1. The Kier molecular flexibility index (Phi) is 2.76. The molecule has 0 aliphatic carbocycles. The fraction of sp³-hybridized carbons (Fsp3) is 0.286. The number of H-pyrrole nitrogens is 1. The highest BCUT2D eigenvalue weighted by molar-refractivity contribution is 5.88. The van der Waals surface area contributed by atoms with Crippen molar-refractivity contribution in [2.24, 2.45) is 0 Å². The molecule has 84 valence electrons. The molecule has 9 nitrogen and oxygen atoms in total. The van der Waals surface area contributed by atoms with E-state index in [2.05, 4.69) is 30.6 Å². The molecule has 0 saturated heterocycles. The third kappa shape index (κ3) is 2.32. The van der Waals surface area contributed by atoms with Crippen LogP contribution in [-0.4, -0.2) is 43.0 Å². The SMILES string of the molecule is COc1n[nH]c(NC(=O)Cn2cncn2)n1. The van der Waals surface area contributed by atoms with Crippen molar-refractivity contribution in [3.05, 3.63) is 12.7 Å². The van der Waals surface area contributed by atoms with Crippen LogP contribution >= 0.6 is 0 Å². The molecule has 2 heterocycles.